The molecule has 282 valence electrons. The van der Waals surface area contributed by atoms with Gasteiger partial charge in [0.2, 0.25) is 0 Å². The van der Waals surface area contributed by atoms with Gasteiger partial charge in [-0.2, -0.15) is 25.6 Å². The number of nitrogens with zero attached hydrogens (tertiary/aromatic N) is 8. The Balaban J connectivity index is 1.02. The van der Waals surface area contributed by atoms with Gasteiger partial charge in [0.05, 0.1) is 35.5 Å². The number of azo groups is 4. The third kappa shape index (κ3) is 8.87. The van der Waals surface area contributed by atoms with Crippen LogP contribution in [0.25, 0.3) is 10.8 Å². The lowest BCUT2D eigenvalue weighted by molar-refractivity contribution is 0.416. The first-order valence-corrected chi connectivity index (χ1v) is 18.1. The van der Waals surface area contributed by atoms with Gasteiger partial charge in [-0.3, -0.25) is 0 Å². The molecular formula is C45H39N9O3. The van der Waals surface area contributed by atoms with Crippen molar-refractivity contribution in [1.82, 2.24) is 0 Å². The SMILES string of the molecule is COc1ccccc1N=Nc1ccc(N=Nc2cc(C)c(N=Nc3cc(O)c(N=Nc4ccc5cc(Nc6ccccc6)ccc5c4O)cc3C)cc2C)cc1C. The molecule has 0 amide bonds. The van der Waals surface area contributed by atoms with Crippen molar-refractivity contribution in [1.29, 1.82) is 0 Å². The average molecular weight is 754 g/mol. The molecule has 3 N–H and O–H groups in total. The topological polar surface area (TPSA) is 161 Å². The summed E-state index contributed by atoms with van der Waals surface area (Å²) < 4.78 is 5.36. The van der Waals surface area contributed by atoms with Crippen LogP contribution in [0.5, 0.6) is 17.2 Å². The molecule has 12 nitrogen and oxygen atoms in total. The fourth-order valence-corrected chi connectivity index (χ4v) is 5.97. The first kappa shape index (κ1) is 37.7. The van der Waals surface area contributed by atoms with Crippen LogP contribution in [-0.4, -0.2) is 17.3 Å². The normalized spacial score (nSPS) is 11.8. The molecule has 0 fully saturated rings. The van der Waals surface area contributed by atoms with Crippen molar-refractivity contribution in [3.63, 3.8) is 0 Å². The number of hydrogen-bond acceptors (Lipinski definition) is 12. The summed E-state index contributed by atoms with van der Waals surface area (Å²) in [5.74, 6) is 0.524. The largest absolute Gasteiger partial charge is 0.506 e. The molecule has 0 atom stereocenters. The van der Waals surface area contributed by atoms with Crippen LogP contribution in [0.15, 0.2) is 168 Å². The summed E-state index contributed by atoms with van der Waals surface area (Å²) in [5, 5.41) is 61.8. The number of hydrogen-bond donors (Lipinski definition) is 3. The molecule has 7 aromatic rings. The lowest BCUT2D eigenvalue weighted by Gasteiger charge is -2.09. The van der Waals surface area contributed by atoms with Gasteiger partial charge in [0, 0.05) is 22.8 Å². The highest BCUT2D eigenvalue weighted by atomic mass is 16.5. The molecule has 0 radical (unpaired) electrons. The monoisotopic (exact) mass is 753 g/mol. The number of para-hydroxylation sites is 2. The third-order valence-electron chi connectivity index (χ3n) is 9.18. The molecule has 0 saturated carbocycles. The van der Waals surface area contributed by atoms with Crippen LogP contribution >= 0.6 is 0 Å². The van der Waals surface area contributed by atoms with Crippen LogP contribution in [0.2, 0.25) is 0 Å². The van der Waals surface area contributed by atoms with Gasteiger partial charge < -0.3 is 20.3 Å². The van der Waals surface area contributed by atoms with E-state index in [1.165, 1.54) is 6.07 Å². The van der Waals surface area contributed by atoms with Gasteiger partial charge in [0.15, 0.2) is 5.75 Å². The van der Waals surface area contributed by atoms with E-state index in [1.807, 2.05) is 137 Å². The van der Waals surface area contributed by atoms with E-state index in [9.17, 15) is 10.2 Å². The van der Waals surface area contributed by atoms with Gasteiger partial charge in [0.25, 0.3) is 0 Å². The van der Waals surface area contributed by atoms with Crippen LogP contribution < -0.4 is 10.1 Å². The Labute approximate surface area is 329 Å². The van der Waals surface area contributed by atoms with Crippen molar-refractivity contribution < 1.29 is 14.9 Å². The van der Waals surface area contributed by atoms with Gasteiger partial charge in [0.1, 0.15) is 28.6 Å². The van der Waals surface area contributed by atoms with Gasteiger partial charge in [-0.1, -0.05) is 36.4 Å². The van der Waals surface area contributed by atoms with Gasteiger partial charge in [-0.05, 0) is 140 Å². The van der Waals surface area contributed by atoms with Gasteiger partial charge in [-0.15, -0.1) is 15.3 Å². The maximum atomic E-state index is 11.0. The Morgan fingerprint density at radius 1 is 0.439 bits per heavy atom. The number of phenols is 2. The molecule has 0 aromatic heterocycles. The summed E-state index contributed by atoms with van der Waals surface area (Å²) in [4.78, 5) is 0. The minimum Gasteiger partial charge on any atom is -0.506 e. The highest BCUT2D eigenvalue weighted by molar-refractivity contribution is 5.94. The third-order valence-corrected chi connectivity index (χ3v) is 9.18. The Morgan fingerprint density at radius 3 is 1.72 bits per heavy atom. The van der Waals surface area contributed by atoms with Crippen molar-refractivity contribution in [3.05, 3.63) is 150 Å². The van der Waals surface area contributed by atoms with E-state index in [1.54, 1.807) is 19.2 Å². The first-order valence-electron chi connectivity index (χ1n) is 18.1. The van der Waals surface area contributed by atoms with Crippen molar-refractivity contribution in [2.24, 2.45) is 40.9 Å². The summed E-state index contributed by atoms with van der Waals surface area (Å²) in [6.45, 7) is 7.65. The summed E-state index contributed by atoms with van der Waals surface area (Å²) >= 11 is 0. The summed E-state index contributed by atoms with van der Waals surface area (Å²) in [6.07, 6.45) is 0. The average Bonchev–Trinajstić information content (AvgIpc) is 3.21. The zero-order chi connectivity index (χ0) is 39.9. The number of aryl methyl sites for hydroxylation is 4. The Hall–Kier alpha value is -7.60. The standard InChI is InChI=1S/C45H39N9O3/c1-27-21-34(17-20-36(27)48-49-37-13-9-10-14-44(37)57-5)47-51-39-22-29(3)40(23-28(39)2)52-53-41-26-43(55)42(24-30(41)4)54-50-38-19-15-31-25-33(16-18-35(31)45(38)56)46-32-11-7-6-8-12-32/h6-26,46,55-56H,1-5H3. The lowest BCUT2D eigenvalue weighted by Crippen LogP contribution is -1.89. The molecule has 0 spiro atoms. The van der Waals surface area contributed by atoms with Crippen molar-refractivity contribution >= 4 is 67.6 Å². The molecule has 0 unspecified atom stereocenters. The van der Waals surface area contributed by atoms with Gasteiger partial charge in [-0.25, -0.2) is 0 Å². The van der Waals surface area contributed by atoms with Crippen molar-refractivity contribution in [3.8, 4) is 17.2 Å². The predicted molar refractivity (Wildman–Crippen MR) is 225 cm³/mol. The number of nitrogens with one attached hydrogen (secondary N) is 1. The summed E-state index contributed by atoms with van der Waals surface area (Å²) in [6, 6.07) is 39.1. The number of ether oxygens (including phenoxy) is 1. The molecule has 7 rings (SSSR count). The molecular weight excluding hydrogens is 715 g/mol. The van der Waals surface area contributed by atoms with Gasteiger partial charge >= 0.3 is 0 Å². The number of phenolic OH excluding ortho intramolecular Hbond substituents is 2. The van der Waals surface area contributed by atoms with Crippen LogP contribution in [-0.2, 0) is 0 Å². The van der Waals surface area contributed by atoms with E-state index in [4.69, 9.17) is 4.74 Å². The zero-order valence-corrected chi connectivity index (χ0v) is 32.0. The maximum Gasteiger partial charge on any atom is 0.150 e. The molecule has 57 heavy (non-hydrogen) atoms. The molecule has 0 saturated heterocycles. The van der Waals surface area contributed by atoms with E-state index >= 15 is 0 Å². The first-order chi connectivity index (χ1) is 27.6. The molecule has 0 aliphatic carbocycles. The lowest BCUT2D eigenvalue weighted by atomic mass is 10.1. The van der Waals surface area contributed by atoms with E-state index in [-0.39, 0.29) is 22.9 Å². The highest BCUT2D eigenvalue weighted by Gasteiger charge is 2.11. The molecule has 7 aromatic carbocycles. The quantitative estimate of drug-likeness (QED) is 0.112. The Bertz CT molecular complexity index is 2730. The number of methoxy groups -OCH3 is 1. The van der Waals surface area contributed by atoms with E-state index < -0.39 is 0 Å². The summed E-state index contributed by atoms with van der Waals surface area (Å²) in [7, 11) is 1.60. The maximum absolute atomic E-state index is 11.0. The number of fused-ring (bicyclic) bond motifs is 1. The molecule has 12 heteroatoms. The number of benzene rings is 7. The van der Waals surface area contributed by atoms with Crippen LogP contribution in [0, 0.1) is 27.7 Å². The second-order valence-corrected chi connectivity index (χ2v) is 13.4. The van der Waals surface area contributed by atoms with E-state index in [0.29, 0.717) is 39.6 Å². The van der Waals surface area contributed by atoms with E-state index in [0.717, 1.165) is 44.7 Å². The predicted octanol–water partition coefficient (Wildman–Crippen LogP) is 14.9. The fourth-order valence-electron chi connectivity index (χ4n) is 5.97. The highest BCUT2D eigenvalue weighted by Crippen LogP contribution is 2.40. The molecule has 0 heterocycles. The number of aromatic hydroxyl groups is 2. The van der Waals surface area contributed by atoms with Crippen molar-refractivity contribution in [2.75, 3.05) is 12.4 Å². The molecule has 0 bridgehead atoms. The smallest absolute Gasteiger partial charge is 0.150 e. The minimum absolute atomic E-state index is 0.00360. The summed E-state index contributed by atoms with van der Waals surface area (Å²) in [5.41, 5.74) is 9.61. The fraction of sp³-hybridized carbons (Fsp3) is 0.111. The minimum atomic E-state index is -0.123. The van der Waals surface area contributed by atoms with E-state index in [2.05, 4.69) is 46.2 Å². The second kappa shape index (κ2) is 16.8. The van der Waals surface area contributed by atoms with Crippen LogP contribution in [0.4, 0.5) is 56.9 Å². The zero-order valence-electron chi connectivity index (χ0n) is 32.0. The van der Waals surface area contributed by atoms with Crippen LogP contribution in [0.1, 0.15) is 22.3 Å². The second-order valence-electron chi connectivity index (χ2n) is 13.4. The van der Waals surface area contributed by atoms with Crippen molar-refractivity contribution in [2.45, 2.75) is 27.7 Å². The molecule has 0 aliphatic rings. The number of rotatable bonds is 11. The van der Waals surface area contributed by atoms with Crippen LogP contribution in [0.3, 0.4) is 0 Å². The Morgan fingerprint density at radius 2 is 1.00 bits per heavy atom. The Kier molecular flexibility index (Phi) is 11.1. The number of anilines is 2. The molecule has 0 aliphatic heterocycles.